The van der Waals surface area contributed by atoms with Crippen LogP contribution >= 0.6 is 0 Å². The van der Waals surface area contributed by atoms with E-state index in [9.17, 15) is 14.3 Å². The lowest BCUT2D eigenvalue weighted by atomic mass is 10.1. The molecule has 1 aliphatic heterocycles. The second-order valence-corrected chi connectivity index (χ2v) is 8.57. The Labute approximate surface area is 202 Å². The number of benzene rings is 3. The number of rotatable bonds is 8. The van der Waals surface area contributed by atoms with E-state index in [2.05, 4.69) is 0 Å². The number of aliphatic hydroxyl groups excluding tert-OH is 1. The average molecular weight is 476 g/mol. The van der Waals surface area contributed by atoms with E-state index in [1.807, 2.05) is 41.0 Å². The van der Waals surface area contributed by atoms with Crippen molar-refractivity contribution >= 4 is 22.6 Å². The molecule has 4 aromatic rings. The lowest BCUT2D eigenvalue weighted by molar-refractivity contribution is -0.117. The van der Waals surface area contributed by atoms with Crippen molar-refractivity contribution in [1.29, 1.82) is 0 Å². The molecule has 8 heteroatoms. The lowest BCUT2D eigenvalue weighted by Gasteiger charge is -2.19. The fourth-order valence-electron chi connectivity index (χ4n) is 4.54. The van der Waals surface area contributed by atoms with Gasteiger partial charge in [-0.3, -0.25) is 4.79 Å². The number of fused-ring (bicyclic) bond motifs is 1. The van der Waals surface area contributed by atoms with Crippen LogP contribution in [0.2, 0.25) is 0 Å². The Morgan fingerprint density at radius 3 is 2.54 bits per heavy atom. The maximum absolute atomic E-state index is 13.4. The molecule has 0 bridgehead atoms. The predicted molar refractivity (Wildman–Crippen MR) is 130 cm³/mol. The number of aliphatic hydroxyl groups is 1. The van der Waals surface area contributed by atoms with Crippen molar-refractivity contribution in [2.24, 2.45) is 0 Å². The number of aromatic nitrogens is 2. The summed E-state index contributed by atoms with van der Waals surface area (Å²) in [4.78, 5) is 19.3. The minimum absolute atomic E-state index is 0.0414. The van der Waals surface area contributed by atoms with Gasteiger partial charge in [0.2, 0.25) is 5.91 Å². The smallest absolute Gasteiger partial charge is 0.227 e. The summed E-state index contributed by atoms with van der Waals surface area (Å²) in [6.45, 7) is 0.755. The first-order valence-corrected chi connectivity index (χ1v) is 11.5. The Hall–Kier alpha value is -3.91. The Bertz CT molecular complexity index is 1340. The number of amides is 1. The highest BCUT2D eigenvalue weighted by Gasteiger charge is 2.35. The number of nitrogens with zero attached hydrogens (tertiary/aromatic N) is 3. The van der Waals surface area contributed by atoms with Crippen molar-refractivity contribution in [3.63, 3.8) is 0 Å². The molecule has 7 nitrogen and oxygen atoms in total. The number of methoxy groups -OCH3 is 1. The Morgan fingerprint density at radius 2 is 1.77 bits per heavy atom. The number of carbonyl (C=O) groups is 1. The van der Waals surface area contributed by atoms with Crippen molar-refractivity contribution in [3.05, 3.63) is 84.4 Å². The monoisotopic (exact) mass is 475 g/mol. The molecule has 1 aromatic heterocycles. The Balaban J connectivity index is 1.37. The average Bonchev–Trinajstić information content (AvgIpc) is 3.44. The molecule has 1 N–H and O–H groups in total. The van der Waals surface area contributed by atoms with Crippen molar-refractivity contribution in [2.45, 2.75) is 25.0 Å². The van der Waals surface area contributed by atoms with Crippen LogP contribution in [-0.2, 0) is 11.3 Å². The fourth-order valence-corrected chi connectivity index (χ4v) is 4.54. The van der Waals surface area contributed by atoms with E-state index in [0.29, 0.717) is 23.7 Å². The van der Waals surface area contributed by atoms with E-state index < -0.39 is 6.10 Å². The number of para-hydroxylation sites is 4. The SMILES string of the molecule is COc1ccccc1OC[C@H](O)Cn1c([C@H]2CC(=O)N(c3ccc(F)cc3)C2)nc2ccccc21. The Kier molecular flexibility index (Phi) is 6.37. The van der Waals surface area contributed by atoms with E-state index in [1.165, 1.54) is 12.1 Å². The van der Waals surface area contributed by atoms with Crippen LogP contribution in [-0.4, -0.2) is 46.9 Å². The highest BCUT2D eigenvalue weighted by Crippen LogP contribution is 2.33. The molecule has 2 atom stereocenters. The first-order valence-electron chi connectivity index (χ1n) is 11.5. The van der Waals surface area contributed by atoms with Crippen LogP contribution in [0.4, 0.5) is 10.1 Å². The van der Waals surface area contributed by atoms with Gasteiger partial charge in [0, 0.05) is 24.6 Å². The third-order valence-corrected chi connectivity index (χ3v) is 6.21. The van der Waals surface area contributed by atoms with Crippen LogP contribution in [0, 0.1) is 5.82 Å². The van der Waals surface area contributed by atoms with Crippen LogP contribution in [0.25, 0.3) is 11.0 Å². The van der Waals surface area contributed by atoms with Crippen LogP contribution in [0.5, 0.6) is 11.5 Å². The Morgan fingerprint density at radius 1 is 1.06 bits per heavy atom. The zero-order valence-electron chi connectivity index (χ0n) is 19.3. The van der Waals surface area contributed by atoms with E-state index in [0.717, 1.165) is 16.9 Å². The molecule has 1 fully saturated rings. The molecule has 0 radical (unpaired) electrons. The van der Waals surface area contributed by atoms with Gasteiger partial charge in [0.25, 0.3) is 0 Å². The molecule has 5 rings (SSSR count). The van der Waals surface area contributed by atoms with Gasteiger partial charge >= 0.3 is 0 Å². The van der Waals surface area contributed by atoms with E-state index in [4.69, 9.17) is 14.5 Å². The lowest BCUT2D eigenvalue weighted by Crippen LogP contribution is -2.26. The predicted octanol–water partition coefficient (Wildman–Crippen LogP) is 4.14. The molecule has 0 spiro atoms. The van der Waals surface area contributed by atoms with Gasteiger partial charge < -0.3 is 24.0 Å². The summed E-state index contributed by atoms with van der Waals surface area (Å²) >= 11 is 0. The van der Waals surface area contributed by atoms with Crippen LogP contribution in [0.3, 0.4) is 0 Å². The number of hydrogen-bond donors (Lipinski definition) is 1. The molecular weight excluding hydrogens is 449 g/mol. The molecule has 1 amide bonds. The summed E-state index contributed by atoms with van der Waals surface area (Å²) in [6, 6.07) is 20.9. The van der Waals surface area contributed by atoms with Gasteiger partial charge in [0.15, 0.2) is 11.5 Å². The quantitative estimate of drug-likeness (QED) is 0.415. The van der Waals surface area contributed by atoms with E-state index >= 15 is 0 Å². The van der Waals surface area contributed by atoms with Gasteiger partial charge in [0.1, 0.15) is 24.4 Å². The van der Waals surface area contributed by atoms with E-state index in [-0.39, 0.29) is 37.2 Å². The van der Waals surface area contributed by atoms with Crippen molar-refractivity contribution in [3.8, 4) is 11.5 Å². The van der Waals surface area contributed by atoms with Crippen molar-refractivity contribution in [2.75, 3.05) is 25.2 Å². The molecule has 2 heterocycles. The highest BCUT2D eigenvalue weighted by atomic mass is 19.1. The molecule has 1 saturated heterocycles. The normalized spacial score (nSPS) is 16.6. The standard InChI is InChI=1S/C27H26FN3O4/c1-34-24-8-4-5-9-25(24)35-17-21(32)16-31-23-7-3-2-6-22(23)29-27(31)18-14-26(33)30(15-18)20-12-10-19(28)11-13-20/h2-13,18,21,32H,14-17H2,1H3/t18-,21+/m0/s1. The summed E-state index contributed by atoms with van der Waals surface area (Å²) in [6.07, 6.45) is -0.532. The molecule has 35 heavy (non-hydrogen) atoms. The summed E-state index contributed by atoms with van der Waals surface area (Å²) in [7, 11) is 1.57. The van der Waals surface area contributed by atoms with E-state index in [1.54, 1.807) is 36.3 Å². The summed E-state index contributed by atoms with van der Waals surface area (Å²) in [5.74, 6) is 1.34. The van der Waals surface area contributed by atoms with Gasteiger partial charge in [-0.1, -0.05) is 24.3 Å². The number of imidazole rings is 1. The third kappa shape index (κ3) is 4.70. The third-order valence-electron chi connectivity index (χ3n) is 6.21. The first-order chi connectivity index (χ1) is 17.0. The van der Waals surface area contributed by atoms with Gasteiger partial charge in [-0.15, -0.1) is 0 Å². The molecule has 0 aliphatic carbocycles. The van der Waals surface area contributed by atoms with Crippen molar-refractivity contribution < 1.29 is 23.8 Å². The van der Waals surface area contributed by atoms with Gasteiger partial charge in [-0.05, 0) is 48.5 Å². The number of halogens is 1. The molecule has 180 valence electrons. The highest BCUT2D eigenvalue weighted by molar-refractivity contribution is 5.96. The number of carbonyl (C=O) groups excluding carboxylic acids is 1. The zero-order valence-corrected chi connectivity index (χ0v) is 19.3. The number of ether oxygens (including phenoxy) is 2. The second-order valence-electron chi connectivity index (χ2n) is 8.57. The molecule has 0 unspecified atom stereocenters. The first kappa shape index (κ1) is 22.9. The zero-order chi connectivity index (χ0) is 24.4. The topological polar surface area (TPSA) is 76.8 Å². The van der Waals surface area contributed by atoms with Crippen molar-refractivity contribution in [1.82, 2.24) is 9.55 Å². The van der Waals surface area contributed by atoms with Crippen LogP contribution < -0.4 is 14.4 Å². The molecule has 3 aromatic carbocycles. The van der Waals surface area contributed by atoms with Gasteiger partial charge in [0.05, 0.1) is 24.7 Å². The van der Waals surface area contributed by atoms with Crippen LogP contribution in [0.15, 0.2) is 72.8 Å². The van der Waals surface area contributed by atoms with Crippen LogP contribution in [0.1, 0.15) is 18.2 Å². The number of anilines is 1. The number of hydrogen-bond acceptors (Lipinski definition) is 5. The maximum atomic E-state index is 13.4. The molecule has 0 saturated carbocycles. The summed E-state index contributed by atoms with van der Waals surface area (Å²) < 4.78 is 26.5. The maximum Gasteiger partial charge on any atom is 0.227 e. The second kappa shape index (κ2) is 9.76. The molecule has 1 aliphatic rings. The minimum atomic E-state index is -0.818. The largest absolute Gasteiger partial charge is 0.493 e. The summed E-state index contributed by atoms with van der Waals surface area (Å²) in [5.41, 5.74) is 2.34. The minimum Gasteiger partial charge on any atom is -0.493 e. The van der Waals surface area contributed by atoms with Gasteiger partial charge in [-0.25, -0.2) is 9.37 Å². The summed E-state index contributed by atoms with van der Waals surface area (Å²) in [5, 5.41) is 10.9. The van der Waals surface area contributed by atoms with Gasteiger partial charge in [-0.2, -0.15) is 0 Å². The molecular formula is C27H26FN3O4. The fraction of sp³-hybridized carbons (Fsp3) is 0.259.